The molecular weight excluding hydrogens is 328 g/mol. The van der Waals surface area contributed by atoms with E-state index in [-0.39, 0.29) is 6.03 Å². The molecule has 0 saturated carbocycles. The zero-order valence-corrected chi connectivity index (χ0v) is 13.7. The third-order valence-corrected chi connectivity index (χ3v) is 4.71. The van der Waals surface area contributed by atoms with E-state index in [9.17, 15) is 4.79 Å². The molecular formula is C17H17BrN2O. The third kappa shape index (κ3) is 2.56. The van der Waals surface area contributed by atoms with E-state index in [0.29, 0.717) is 13.1 Å². The number of carbonyl (C=O) groups is 1. The third-order valence-electron chi connectivity index (χ3n) is 3.85. The van der Waals surface area contributed by atoms with E-state index in [4.69, 9.17) is 0 Å². The zero-order valence-electron chi connectivity index (χ0n) is 12.1. The fraction of sp³-hybridized carbons (Fsp3) is 0.235. The van der Waals surface area contributed by atoms with Crippen LogP contribution >= 0.6 is 15.9 Å². The molecule has 1 saturated heterocycles. The van der Waals surface area contributed by atoms with Gasteiger partial charge >= 0.3 is 6.03 Å². The molecule has 0 bridgehead atoms. The summed E-state index contributed by atoms with van der Waals surface area (Å²) in [6.45, 7) is 5.50. The molecule has 3 rings (SSSR count). The van der Waals surface area contributed by atoms with Crippen LogP contribution in [0.2, 0.25) is 0 Å². The number of rotatable bonds is 2. The number of hydrogen-bond donors (Lipinski definition) is 0. The van der Waals surface area contributed by atoms with Crippen molar-refractivity contribution in [3.63, 3.8) is 0 Å². The van der Waals surface area contributed by atoms with Gasteiger partial charge in [0.1, 0.15) is 0 Å². The van der Waals surface area contributed by atoms with Crippen molar-refractivity contribution in [2.24, 2.45) is 0 Å². The largest absolute Gasteiger partial charge is 0.329 e. The Kier molecular flexibility index (Phi) is 3.72. The van der Waals surface area contributed by atoms with Gasteiger partial charge in [0.25, 0.3) is 0 Å². The maximum absolute atomic E-state index is 12.7. The molecule has 1 heterocycles. The monoisotopic (exact) mass is 344 g/mol. The molecule has 0 N–H and O–H groups in total. The predicted octanol–water partition coefficient (Wildman–Crippen LogP) is 4.51. The van der Waals surface area contributed by atoms with Gasteiger partial charge in [-0.3, -0.25) is 9.80 Å². The van der Waals surface area contributed by atoms with Gasteiger partial charge < -0.3 is 0 Å². The lowest BCUT2D eigenvalue weighted by molar-refractivity contribution is 0.256. The number of carbonyl (C=O) groups excluding carboxylic acids is 1. The van der Waals surface area contributed by atoms with Crippen LogP contribution < -0.4 is 9.80 Å². The standard InChI is InChI=1S/C17H17BrN2O/c1-12-5-3-6-14(11-12)19-9-10-20(17(19)21)16-8-4-7-15(18)13(16)2/h3-8,11H,9-10H2,1-2H3. The highest BCUT2D eigenvalue weighted by atomic mass is 79.9. The van der Waals surface area contributed by atoms with E-state index in [1.54, 1.807) is 0 Å². The van der Waals surface area contributed by atoms with Crippen LogP contribution in [0.5, 0.6) is 0 Å². The van der Waals surface area contributed by atoms with Gasteiger partial charge in [0, 0.05) is 28.9 Å². The molecule has 3 nitrogen and oxygen atoms in total. The molecule has 0 radical (unpaired) electrons. The second-order valence-corrected chi connectivity index (χ2v) is 6.16. The number of anilines is 2. The molecule has 2 aromatic rings. The Morgan fingerprint density at radius 1 is 1.00 bits per heavy atom. The fourth-order valence-corrected chi connectivity index (χ4v) is 3.04. The number of nitrogens with zero attached hydrogens (tertiary/aromatic N) is 2. The Morgan fingerprint density at radius 2 is 1.71 bits per heavy atom. The van der Waals surface area contributed by atoms with Gasteiger partial charge in [-0.2, -0.15) is 0 Å². The summed E-state index contributed by atoms with van der Waals surface area (Å²) in [5, 5.41) is 0. The maximum atomic E-state index is 12.7. The first-order valence-corrected chi connectivity index (χ1v) is 7.78. The van der Waals surface area contributed by atoms with Crippen LogP contribution in [-0.4, -0.2) is 19.1 Å². The van der Waals surface area contributed by atoms with E-state index in [1.165, 1.54) is 0 Å². The van der Waals surface area contributed by atoms with Crippen LogP contribution in [0.25, 0.3) is 0 Å². The van der Waals surface area contributed by atoms with Gasteiger partial charge in [-0.05, 0) is 49.2 Å². The smallest absolute Gasteiger partial charge is 0.292 e. The lowest BCUT2D eigenvalue weighted by Crippen LogP contribution is -2.32. The topological polar surface area (TPSA) is 23.6 Å². The van der Waals surface area contributed by atoms with Crippen molar-refractivity contribution in [3.8, 4) is 0 Å². The van der Waals surface area contributed by atoms with Gasteiger partial charge in [-0.15, -0.1) is 0 Å². The van der Waals surface area contributed by atoms with Crippen molar-refractivity contribution < 1.29 is 4.79 Å². The summed E-state index contributed by atoms with van der Waals surface area (Å²) in [4.78, 5) is 16.4. The van der Waals surface area contributed by atoms with Gasteiger partial charge in [0.15, 0.2) is 0 Å². The average Bonchev–Trinajstić information content (AvgIpc) is 2.84. The predicted molar refractivity (Wildman–Crippen MR) is 90.1 cm³/mol. The molecule has 108 valence electrons. The van der Waals surface area contributed by atoms with Crippen molar-refractivity contribution in [3.05, 3.63) is 58.1 Å². The summed E-state index contributed by atoms with van der Waals surface area (Å²) in [5.41, 5.74) is 4.20. The summed E-state index contributed by atoms with van der Waals surface area (Å²) >= 11 is 3.53. The van der Waals surface area contributed by atoms with Crippen molar-refractivity contribution in [2.45, 2.75) is 13.8 Å². The molecule has 1 aliphatic rings. The van der Waals surface area contributed by atoms with Crippen LogP contribution in [0.3, 0.4) is 0 Å². The number of urea groups is 1. The molecule has 2 aromatic carbocycles. The van der Waals surface area contributed by atoms with Gasteiger partial charge in [-0.1, -0.05) is 34.1 Å². The van der Waals surface area contributed by atoms with Gasteiger partial charge in [-0.25, -0.2) is 4.79 Å². The van der Waals surface area contributed by atoms with E-state index in [1.807, 2.05) is 60.0 Å². The minimum atomic E-state index is 0.0433. The van der Waals surface area contributed by atoms with Crippen LogP contribution in [-0.2, 0) is 0 Å². The highest BCUT2D eigenvalue weighted by Gasteiger charge is 2.31. The normalized spacial score (nSPS) is 14.9. The van der Waals surface area contributed by atoms with Crippen LogP contribution in [0, 0.1) is 13.8 Å². The van der Waals surface area contributed by atoms with Crippen LogP contribution in [0.15, 0.2) is 46.9 Å². The van der Waals surface area contributed by atoms with E-state index < -0.39 is 0 Å². The highest BCUT2D eigenvalue weighted by Crippen LogP contribution is 2.31. The zero-order chi connectivity index (χ0) is 15.0. The summed E-state index contributed by atoms with van der Waals surface area (Å²) in [7, 11) is 0. The molecule has 4 heteroatoms. The van der Waals surface area contributed by atoms with Crippen LogP contribution in [0.1, 0.15) is 11.1 Å². The Hall–Kier alpha value is -1.81. The number of benzene rings is 2. The Balaban J connectivity index is 1.92. The minimum absolute atomic E-state index is 0.0433. The molecule has 0 aliphatic carbocycles. The number of amides is 2. The molecule has 0 unspecified atom stereocenters. The number of halogens is 1. The average molecular weight is 345 g/mol. The van der Waals surface area contributed by atoms with E-state index in [0.717, 1.165) is 27.0 Å². The lowest BCUT2D eigenvalue weighted by atomic mass is 10.2. The molecule has 0 aromatic heterocycles. The highest BCUT2D eigenvalue weighted by molar-refractivity contribution is 9.10. The summed E-state index contributed by atoms with van der Waals surface area (Å²) < 4.78 is 1.03. The van der Waals surface area contributed by atoms with E-state index in [2.05, 4.69) is 22.0 Å². The van der Waals surface area contributed by atoms with Crippen molar-refractivity contribution in [1.82, 2.24) is 0 Å². The first-order chi connectivity index (χ1) is 10.1. The van der Waals surface area contributed by atoms with Crippen LogP contribution in [0.4, 0.5) is 16.2 Å². The minimum Gasteiger partial charge on any atom is -0.292 e. The molecule has 2 amide bonds. The fourth-order valence-electron chi connectivity index (χ4n) is 2.68. The molecule has 0 atom stereocenters. The quantitative estimate of drug-likeness (QED) is 0.785. The Morgan fingerprint density at radius 3 is 2.48 bits per heavy atom. The molecule has 1 aliphatic heterocycles. The van der Waals surface area contributed by atoms with Crippen molar-refractivity contribution >= 4 is 33.3 Å². The van der Waals surface area contributed by atoms with E-state index >= 15 is 0 Å². The molecule has 1 fully saturated rings. The van der Waals surface area contributed by atoms with Gasteiger partial charge in [0.2, 0.25) is 0 Å². The lowest BCUT2D eigenvalue weighted by Gasteiger charge is -2.21. The first kappa shape index (κ1) is 14.1. The van der Waals surface area contributed by atoms with Gasteiger partial charge in [0.05, 0.1) is 0 Å². The molecule has 21 heavy (non-hydrogen) atoms. The maximum Gasteiger partial charge on any atom is 0.329 e. The SMILES string of the molecule is Cc1cccc(N2CCN(c3cccc(Br)c3C)C2=O)c1. The number of hydrogen-bond acceptors (Lipinski definition) is 1. The number of aryl methyl sites for hydroxylation is 1. The second kappa shape index (κ2) is 5.53. The molecule has 0 spiro atoms. The van der Waals surface area contributed by atoms with Crippen molar-refractivity contribution in [1.29, 1.82) is 0 Å². The van der Waals surface area contributed by atoms with Crippen molar-refractivity contribution in [2.75, 3.05) is 22.9 Å². The summed E-state index contributed by atoms with van der Waals surface area (Å²) in [6.07, 6.45) is 0. The summed E-state index contributed by atoms with van der Waals surface area (Å²) in [6, 6.07) is 14.1. The Labute approximate surface area is 133 Å². The first-order valence-electron chi connectivity index (χ1n) is 6.99. The Bertz CT molecular complexity index is 699. The summed E-state index contributed by atoms with van der Waals surface area (Å²) in [5.74, 6) is 0. The second-order valence-electron chi connectivity index (χ2n) is 5.31.